The Bertz CT molecular complexity index is 1580. The predicted octanol–water partition coefficient (Wildman–Crippen LogP) is 5.83. The number of halogens is 1. The maximum Gasteiger partial charge on any atom is 0.337 e. The van der Waals surface area contributed by atoms with Crippen molar-refractivity contribution in [1.82, 2.24) is 14.5 Å². The van der Waals surface area contributed by atoms with Gasteiger partial charge in [0.05, 0.1) is 32.4 Å². The summed E-state index contributed by atoms with van der Waals surface area (Å²) in [5.74, 6) is 1.59. The number of carbonyl (C=O) groups is 1. The number of hydrogen-bond acceptors (Lipinski definition) is 7. The van der Waals surface area contributed by atoms with Crippen LogP contribution < -0.4 is 14.8 Å². The molecule has 0 saturated heterocycles. The highest BCUT2D eigenvalue weighted by atomic mass is 35.5. The molecule has 0 spiro atoms. The molecular weight excluding hydrogens is 480 g/mol. The van der Waals surface area contributed by atoms with Gasteiger partial charge in [0.1, 0.15) is 22.5 Å². The highest BCUT2D eigenvalue weighted by Crippen LogP contribution is 2.36. The fraction of sp³-hybridized carbons (Fsp3) is 0.148. The van der Waals surface area contributed by atoms with Crippen LogP contribution in [0.3, 0.4) is 0 Å². The number of aromatic nitrogens is 3. The average molecular weight is 503 g/mol. The van der Waals surface area contributed by atoms with Gasteiger partial charge in [-0.05, 0) is 59.6 Å². The number of nitrogens with one attached hydrogen (secondary N) is 1. The van der Waals surface area contributed by atoms with Crippen LogP contribution in [0.5, 0.6) is 11.5 Å². The zero-order valence-corrected chi connectivity index (χ0v) is 20.7. The number of rotatable bonds is 7. The Morgan fingerprint density at radius 2 is 1.69 bits per heavy atom. The van der Waals surface area contributed by atoms with E-state index >= 15 is 0 Å². The van der Waals surface area contributed by atoms with Crippen LogP contribution in [0.25, 0.3) is 21.9 Å². The molecular formula is C27H23ClN4O4. The molecule has 5 aromatic rings. The van der Waals surface area contributed by atoms with Gasteiger partial charge in [-0.25, -0.2) is 9.78 Å². The van der Waals surface area contributed by atoms with Crippen molar-refractivity contribution in [2.75, 3.05) is 26.6 Å². The smallest absolute Gasteiger partial charge is 0.337 e. The van der Waals surface area contributed by atoms with Crippen molar-refractivity contribution < 1.29 is 19.0 Å². The molecule has 0 fully saturated rings. The van der Waals surface area contributed by atoms with E-state index in [-0.39, 0.29) is 5.28 Å². The third kappa shape index (κ3) is 4.38. The van der Waals surface area contributed by atoms with Crippen molar-refractivity contribution in [3.8, 4) is 11.5 Å². The van der Waals surface area contributed by atoms with Crippen LogP contribution in [0.1, 0.15) is 15.9 Å². The number of ether oxygens (including phenoxy) is 3. The fourth-order valence-corrected chi connectivity index (χ4v) is 4.37. The molecule has 0 saturated carbocycles. The molecule has 3 aromatic carbocycles. The number of methoxy groups -OCH3 is 3. The minimum atomic E-state index is -0.426. The third-order valence-electron chi connectivity index (χ3n) is 5.92. The molecule has 2 heterocycles. The van der Waals surface area contributed by atoms with Crippen molar-refractivity contribution >= 4 is 51.0 Å². The molecule has 0 aliphatic carbocycles. The van der Waals surface area contributed by atoms with Crippen LogP contribution in [-0.2, 0) is 11.3 Å². The average Bonchev–Trinajstić information content (AvgIpc) is 3.21. The van der Waals surface area contributed by atoms with E-state index in [1.807, 2.05) is 48.5 Å². The van der Waals surface area contributed by atoms with Gasteiger partial charge < -0.3 is 24.1 Å². The lowest BCUT2D eigenvalue weighted by molar-refractivity contribution is 0.0601. The van der Waals surface area contributed by atoms with Crippen LogP contribution in [0.2, 0.25) is 5.28 Å². The predicted molar refractivity (Wildman–Crippen MR) is 140 cm³/mol. The van der Waals surface area contributed by atoms with Crippen LogP contribution in [0, 0.1) is 0 Å². The van der Waals surface area contributed by atoms with Crippen molar-refractivity contribution in [2.24, 2.45) is 0 Å². The van der Waals surface area contributed by atoms with E-state index in [2.05, 4.69) is 19.9 Å². The normalized spacial score (nSPS) is 11.0. The van der Waals surface area contributed by atoms with Gasteiger partial charge in [0.25, 0.3) is 0 Å². The summed E-state index contributed by atoms with van der Waals surface area (Å²) in [5, 5.41) is 4.34. The van der Waals surface area contributed by atoms with E-state index in [1.54, 1.807) is 32.4 Å². The maximum absolute atomic E-state index is 12.0. The fourth-order valence-electron chi connectivity index (χ4n) is 4.20. The number of anilines is 2. The zero-order valence-electron chi connectivity index (χ0n) is 19.9. The number of esters is 1. The lowest BCUT2D eigenvalue weighted by atomic mass is 10.2. The standard InChI is InChI=1S/C27H23ClN4O4/c1-34-19-9-7-16(8-10-19)15-32-22-14-20(35-2)11-12-21(22)23-24(32)25(31-27(28)30-23)29-18-6-4-5-17(13-18)26(33)36-3/h4-14H,15H2,1-3H3,(H,29,30,31). The van der Waals surface area contributed by atoms with Gasteiger partial charge in [0.2, 0.25) is 5.28 Å². The Morgan fingerprint density at radius 1 is 0.944 bits per heavy atom. The lowest BCUT2D eigenvalue weighted by Crippen LogP contribution is -2.05. The first-order chi connectivity index (χ1) is 17.5. The molecule has 0 radical (unpaired) electrons. The molecule has 0 unspecified atom stereocenters. The van der Waals surface area contributed by atoms with E-state index in [9.17, 15) is 4.79 Å². The van der Waals surface area contributed by atoms with Gasteiger partial charge in [-0.2, -0.15) is 4.98 Å². The van der Waals surface area contributed by atoms with E-state index < -0.39 is 5.97 Å². The monoisotopic (exact) mass is 502 g/mol. The summed E-state index contributed by atoms with van der Waals surface area (Å²) in [7, 11) is 4.63. The van der Waals surface area contributed by atoms with E-state index in [1.165, 1.54) is 7.11 Å². The molecule has 182 valence electrons. The largest absolute Gasteiger partial charge is 0.497 e. The third-order valence-corrected chi connectivity index (χ3v) is 6.09. The molecule has 8 nitrogen and oxygen atoms in total. The number of nitrogens with zero attached hydrogens (tertiary/aromatic N) is 3. The van der Waals surface area contributed by atoms with Crippen molar-refractivity contribution in [1.29, 1.82) is 0 Å². The molecule has 2 aromatic heterocycles. The van der Waals surface area contributed by atoms with Gasteiger partial charge in [0.15, 0.2) is 5.82 Å². The summed E-state index contributed by atoms with van der Waals surface area (Å²) in [4.78, 5) is 21.1. The molecule has 9 heteroatoms. The summed E-state index contributed by atoms with van der Waals surface area (Å²) in [6.45, 7) is 0.541. The number of benzene rings is 3. The van der Waals surface area contributed by atoms with Crippen LogP contribution in [0.4, 0.5) is 11.5 Å². The highest BCUT2D eigenvalue weighted by molar-refractivity contribution is 6.29. The molecule has 36 heavy (non-hydrogen) atoms. The minimum Gasteiger partial charge on any atom is -0.497 e. The Hall–Kier alpha value is -4.30. The number of fused-ring (bicyclic) bond motifs is 3. The summed E-state index contributed by atoms with van der Waals surface area (Å²) >= 11 is 6.37. The van der Waals surface area contributed by atoms with Gasteiger partial charge >= 0.3 is 5.97 Å². The van der Waals surface area contributed by atoms with Crippen molar-refractivity contribution in [2.45, 2.75) is 6.54 Å². The van der Waals surface area contributed by atoms with Crippen molar-refractivity contribution in [3.05, 3.63) is 83.1 Å². The molecule has 0 bridgehead atoms. The van der Waals surface area contributed by atoms with Crippen LogP contribution in [0.15, 0.2) is 66.7 Å². The first kappa shape index (κ1) is 23.4. The lowest BCUT2D eigenvalue weighted by Gasteiger charge is -2.13. The zero-order chi connectivity index (χ0) is 25.2. The van der Waals surface area contributed by atoms with Gasteiger partial charge in [-0.1, -0.05) is 18.2 Å². The summed E-state index contributed by atoms with van der Waals surface area (Å²) in [6.07, 6.45) is 0. The Morgan fingerprint density at radius 3 is 2.42 bits per heavy atom. The van der Waals surface area contributed by atoms with Gasteiger partial charge in [-0.3, -0.25) is 0 Å². The minimum absolute atomic E-state index is 0.105. The number of carbonyl (C=O) groups excluding carboxylic acids is 1. The SMILES string of the molecule is COC(=O)c1cccc(Nc2nc(Cl)nc3c4ccc(OC)cc4n(Cc4ccc(OC)cc4)c23)c1. The summed E-state index contributed by atoms with van der Waals surface area (Å²) in [6, 6.07) is 20.7. The molecule has 0 atom stereocenters. The van der Waals surface area contributed by atoms with E-state index in [0.29, 0.717) is 29.1 Å². The first-order valence-corrected chi connectivity index (χ1v) is 11.5. The molecule has 0 aliphatic rings. The first-order valence-electron chi connectivity index (χ1n) is 11.1. The molecule has 1 N–H and O–H groups in total. The molecule has 5 rings (SSSR count). The van der Waals surface area contributed by atoms with Crippen LogP contribution in [-0.4, -0.2) is 41.8 Å². The second-order valence-electron chi connectivity index (χ2n) is 8.05. The summed E-state index contributed by atoms with van der Waals surface area (Å²) < 4.78 is 17.8. The van der Waals surface area contributed by atoms with E-state index in [4.69, 9.17) is 25.8 Å². The second-order valence-corrected chi connectivity index (χ2v) is 8.39. The highest BCUT2D eigenvalue weighted by Gasteiger charge is 2.19. The second kappa shape index (κ2) is 9.75. The number of hydrogen-bond donors (Lipinski definition) is 1. The topological polar surface area (TPSA) is 87.5 Å². The van der Waals surface area contributed by atoms with E-state index in [0.717, 1.165) is 33.5 Å². The quantitative estimate of drug-likeness (QED) is 0.221. The maximum atomic E-state index is 12.0. The van der Waals surface area contributed by atoms with Crippen LogP contribution >= 0.6 is 11.6 Å². The van der Waals surface area contributed by atoms with Gasteiger partial charge in [0, 0.05) is 23.7 Å². The Labute approximate surface area is 212 Å². The van der Waals surface area contributed by atoms with Gasteiger partial charge in [-0.15, -0.1) is 0 Å². The molecule has 0 amide bonds. The van der Waals surface area contributed by atoms with Crippen molar-refractivity contribution in [3.63, 3.8) is 0 Å². The summed E-state index contributed by atoms with van der Waals surface area (Å²) in [5.41, 5.74) is 4.53. The Kier molecular flexibility index (Phi) is 6.35. The Balaban J connectivity index is 1.70. The molecule has 0 aliphatic heterocycles.